The largest absolute Gasteiger partial charge is 0.328 e. The van der Waals surface area contributed by atoms with Gasteiger partial charge in [-0.2, -0.15) is 0 Å². The topological polar surface area (TPSA) is 45.7 Å². The summed E-state index contributed by atoms with van der Waals surface area (Å²) in [5.41, 5.74) is 1.96. The molecule has 6 heteroatoms. The molecule has 0 aliphatic carbocycles. The van der Waals surface area contributed by atoms with Crippen LogP contribution in [0.4, 0.5) is 14.5 Å². The lowest BCUT2D eigenvalue weighted by molar-refractivity contribution is -0.675. The Kier molecular flexibility index (Phi) is 7.12. The first kappa shape index (κ1) is 21.1. The zero-order valence-electron chi connectivity index (χ0n) is 16.5. The molecular formula is C23H25F2N2OS+. The Balaban J connectivity index is 1.71. The van der Waals surface area contributed by atoms with Gasteiger partial charge in [-0.05, 0) is 41.5 Å². The Hall–Kier alpha value is -2.57. The maximum atomic E-state index is 13.8. The van der Waals surface area contributed by atoms with Crippen molar-refractivity contribution in [3.8, 4) is 0 Å². The fourth-order valence-corrected chi connectivity index (χ4v) is 4.10. The van der Waals surface area contributed by atoms with Crippen LogP contribution in [0.5, 0.6) is 0 Å². The van der Waals surface area contributed by atoms with Gasteiger partial charge in [0.25, 0.3) is 5.91 Å². The number of para-hydroxylation sites is 1. The van der Waals surface area contributed by atoms with E-state index in [0.29, 0.717) is 5.92 Å². The molecule has 0 saturated carbocycles. The molecule has 0 spiro atoms. The first-order chi connectivity index (χ1) is 13.9. The summed E-state index contributed by atoms with van der Waals surface area (Å²) < 4.78 is 27.5. The molecule has 1 atom stereocenters. The molecule has 3 N–H and O–H groups in total. The Labute approximate surface area is 173 Å². The molecule has 1 heterocycles. The molecule has 0 fully saturated rings. The number of benzene rings is 2. The molecule has 3 rings (SSSR count). The lowest BCUT2D eigenvalue weighted by Gasteiger charge is -2.16. The Bertz CT molecular complexity index is 920. The monoisotopic (exact) mass is 415 g/mol. The number of halogens is 2. The third kappa shape index (κ3) is 5.71. The summed E-state index contributed by atoms with van der Waals surface area (Å²) in [6.45, 7) is 4.42. The zero-order chi connectivity index (χ0) is 20.8. The summed E-state index contributed by atoms with van der Waals surface area (Å²) in [5.74, 6) is -1.43. The summed E-state index contributed by atoms with van der Waals surface area (Å²) >= 11 is 1.62. The molecular weight excluding hydrogens is 390 g/mol. The van der Waals surface area contributed by atoms with Crippen molar-refractivity contribution < 1.29 is 18.9 Å². The van der Waals surface area contributed by atoms with Gasteiger partial charge >= 0.3 is 0 Å². The predicted molar refractivity (Wildman–Crippen MR) is 113 cm³/mol. The molecule has 3 aromatic rings. The van der Waals surface area contributed by atoms with Crippen molar-refractivity contribution >= 4 is 22.9 Å². The molecule has 1 aromatic heterocycles. The summed E-state index contributed by atoms with van der Waals surface area (Å²) in [7, 11) is 0. The normalized spacial score (nSPS) is 12.2. The van der Waals surface area contributed by atoms with Gasteiger partial charge in [0, 0.05) is 5.56 Å². The average Bonchev–Trinajstić information content (AvgIpc) is 3.20. The third-order valence-corrected chi connectivity index (χ3v) is 5.55. The fourth-order valence-electron chi connectivity index (χ4n) is 3.25. The zero-order valence-corrected chi connectivity index (χ0v) is 17.3. The van der Waals surface area contributed by atoms with E-state index >= 15 is 0 Å². The number of thiophene rings is 1. The molecule has 0 radical (unpaired) electrons. The van der Waals surface area contributed by atoms with Gasteiger partial charge < -0.3 is 10.6 Å². The molecule has 29 heavy (non-hydrogen) atoms. The average molecular weight is 416 g/mol. The number of amides is 1. The van der Waals surface area contributed by atoms with Crippen molar-refractivity contribution in [3.05, 3.63) is 87.6 Å². The summed E-state index contributed by atoms with van der Waals surface area (Å²) in [4.78, 5) is 13.4. The number of carbonyl (C=O) groups is 1. The van der Waals surface area contributed by atoms with Gasteiger partial charge in [0.2, 0.25) is 0 Å². The highest BCUT2D eigenvalue weighted by atomic mass is 32.1. The van der Waals surface area contributed by atoms with E-state index in [1.54, 1.807) is 11.3 Å². The van der Waals surface area contributed by atoms with Crippen LogP contribution in [0.3, 0.4) is 0 Å². The molecule has 152 valence electrons. The molecule has 0 bridgehead atoms. The highest BCUT2D eigenvalue weighted by Crippen LogP contribution is 2.24. The van der Waals surface area contributed by atoms with Crippen molar-refractivity contribution in [3.63, 3.8) is 0 Å². The molecule has 3 nitrogen and oxygen atoms in total. The molecule has 0 aliphatic rings. The molecule has 0 unspecified atom stereocenters. The number of nitrogens with one attached hydrogen (secondary N) is 1. The SMILES string of the molecule is CC(C)Cc1ccc([C@H]([NH2+]CC(=O)Nc2c(F)cccc2F)c2cccs2)cc1. The molecule has 0 aliphatic heterocycles. The van der Waals surface area contributed by atoms with E-state index < -0.39 is 23.2 Å². The van der Waals surface area contributed by atoms with Gasteiger partial charge in [-0.1, -0.05) is 50.2 Å². The van der Waals surface area contributed by atoms with Crippen molar-refractivity contribution in [2.75, 3.05) is 11.9 Å². The van der Waals surface area contributed by atoms with E-state index in [9.17, 15) is 13.6 Å². The first-order valence-electron chi connectivity index (χ1n) is 9.63. The van der Waals surface area contributed by atoms with Gasteiger partial charge in [0.05, 0.1) is 4.88 Å². The van der Waals surface area contributed by atoms with Crippen LogP contribution < -0.4 is 10.6 Å². The second kappa shape index (κ2) is 9.76. The summed E-state index contributed by atoms with van der Waals surface area (Å²) in [5, 5.41) is 6.23. The summed E-state index contributed by atoms with van der Waals surface area (Å²) in [6.07, 6.45) is 1.02. The van der Waals surface area contributed by atoms with Crippen molar-refractivity contribution in [2.45, 2.75) is 26.3 Å². The van der Waals surface area contributed by atoms with Crippen molar-refractivity contribution in [2.24, 2.45) is 5.92 Å². The Morgan fingerprint density at radius 3 is 2.31 bits per heavy atom. The number of carbonyl (C=O) groups excluding carboxylic acids is 1. The quantitative estimate of drug-likeness (QED) is 0.558. The Morgan fingerprint density at radius 1 is 1.03 bits per heavy atom. The number of hydrogen-bond donors (Lipinski definition) is 2. The number of rotatable bonds is 8. The number of quaternary nitrogens is 1. The van der Waals surface area contributed by atoms with Crippen LogP contribution in [0.25, 0.3) is 0 Å². The molecule has 2 aromatic carbocycles. The third-order valence-electron chi connectivity index (χ3n) is 4.60. The number of nitrogens with two attached hydrogens (primary N) is 1. The second-order valence-electron chi connectivity index (χ2n) is 7.42. The van der Waals surface area contributed by atoms with Gasteiger partial charge in [-0.3, -0.25) is 4.79 Å². The lowest BCUT2D eigenvalue weighted by Crippen LogP contribution is -2.87. The van der Waals surface area contributed by atoms with Crippen LogP contribution >= 0.6 is 11.3 Å². The van der Waals surface area contributed by atoms with E-state index in [1.165, 1.54) is 11.6 Å². The van der Waals surface area contributed by atoms with Gasteiger partial charge in [-0.25, -0.2) is 8.78 Å². The Morgan fingerprint density at radius 2 is 1.72 bits per heavy atom. The fraction of sp³-hybridized carbons (Fsp3) is 0.261. The number of anilines is 1. The minimum atomic E-state index is -0.783. The smallest absolute Gasteiger partial charge is 0.279 e. The van der Waals surface area contributed by atoms with Crippen LogP contribution in [-0.2, 0) is 11.2 Å². The minimum absolute atomic E-state index is 0.0457. The second-order valence-corrected chi connectivity index (χ2v) is 8.40. The minimum Gasteiger partial charge on any atom is -0.328 e. The van der Waals surface area contributed by atoms with Gasteiger partial charge in [-0.15, -0.1) is 11.3 Å². The highest BCUT2D eigenvalue weighted by molar-refractivity contribution is 7.10. The van der Waals surface area contributed by atoms with E-state index in [2.05, 4.69) is 43.4 Å². The molecule has 1 amide bonds. The van der Waals surface area contributed by atoms with Crippen LogP contribution in [0, 0.1) is 17.6 Å². The van der Waals surface area contributed by atoms with Crippen LogP contribution in [0.15, 0.2) is 60.0 Å². The maximum Gasteiger partial charge on any atom is 0.279 e. The van der Waals surface area contributed by atoms with Gasteiger partial charge in [0.15, 0.2) is 6.54 Å². The van der Waals surface area contributed by atoms with E-state index in [0.717, 1.165) is 29.0 Å². The first-order valence-corrected chi connectivity index (χ1v) is 10.5. The highest BCUT2D eigenvalue weighted by Gasteiger charge is 2.21. The van der Waals surface area contributed by atoms with Crippen LogP contribution in [0.2, 0.25) is 0 Å². The van der Waals surface area contributed by atoms with Gasteiger partial charge in [0.1, 0.15) is 23.4 Å². The van der Waals surface area contributed by atoms with Crippen LogP contribution in [-0.4, -0.2) is 12.5 Å². The predicted octanol–water partition coefficient (Wildman–Crippen LogP) is 4.52. The molecule has 0 saturated heterocycles. The van der Waals surface area contributed by atoms with Crippen molar-refractivity contribution in [1.29, 1.82) is 0 Å². The van der Waals surface area contributed by atoms with Crippen molar-refractivity contribution in [1.82, 2.24) is 0 Å². The summed E-state index contributed by atoms with van der Waals surface area (Å²) in [6, 6.07) is 15.9. The van der Waals surface area contributed by atoms with E-state index in [1.807, 2.05) is 22.8 Å². The lowest BCUT2D eigenvalue weighted by atomic mass is 9.99. The standard InChI is InChI=1S/C23H24F2N2OS/c1-15(2)13-16-8-10-17(11-9-16)22(20-7-4-12-29-20)26-14-21(28)27-23-18(24)5-3-6-19(23)25/h3-12,15,22,26H,13-14H2,1-2H3,(H,27,28)/p+1/t22-/m0/s1. The number of hydrogen-bond acceptors (Lipinski definition) is 2. The van der Waals surface area contributed by atoms with E-state index in [-0.39, 0.29) is 12.6 Å². The van der Waals surface area contributed by atoms with Crippen LogP contribution in [0.1, 0.15) is 35.9 Å². The maximum absolute atomic E-state index is 13.8. The van der Waals surface area contributed by atoms with E-state index in [4.69, 9.17) is 0 Å².